The molecular weight excluding hydrogens is 1250 g/mol. The molecule has 0 unspecified atom stereocenters. The minimum Gasteiger partial charge on any atom is -0.508 e. The molecule has 4 aromatic carbocycles. The lowest BCUT2D eigenvalue weighted by molar-refractivity contribution is -0.142. The number of esters is 1. The van der Waals surface area contributed by atoms with Gasteiger partial charge in [0.25, 0.3) is 5.91 Å². The molecule has 1 spiro atoms. The minimum atomic E-state index is -1.81. The predicted molar refractivity (Wildman–Crippen MR) is 334 cm³/mol. The smallest absolute Gasteiger partial charge is 0.340 e. The first kappa shape index (κ1) is 69.3. The summed E-state index contributed by atoms with van der Waals surface area (Å²) in [4.78, 5) is 166. The molecule has 2 fully saturated rings. The van der Waals surface area contributed by atoms with Crippen molar-refractivity contribution < 1.29 is 87.4 Å². The number of phenolic OH excluding ortho intramolecular Hbond substituents is 3. The highest BCUT2D eigenvalue weighted by atomic mass is 33.1. The summed E-state index contributed by atoms with van der Waals surface area (Å²) in [6.45, 7) is 3.81. The maximum Gasteiger partial charge on any atom is 0.340 e. The largest absolute Gasteiger partial charge is 0.508 e. The maximum absolute atomic E-state index is 14.8. The molecule has 4 aliphatic rings. The number of benzene rings is 4. The second-order valence-corrected chi connectivity index (χ2v) is 25.5. The van der Waals surface area contributed by atoms with Crippen molar-refractivity contribution in [3.05, 3.63) is 112 Å². The summed E-state index contributed by atoms with van der Waals surface area (Å²) in [6, 6.07) is 8.42. The molecule has 29 nitrogen and oxygen atoms in total. The molecule has 0 radical (unpaired) electrons. The number of aliphatic hydroxyl groups excluding tert-OH is 1. The Balaban J connectivity index is 0.971. The van der Waals surface area contributed by atoms with Crippen molar-refractivity contribution in [3.8, 4) is 28.7 Å². The Morgan fingerprint density at radius 3 is 2.01 bits per heavy atom. The number of rotatable bonds is 18. The van der Waals surface area contributed by atoms with Gasteiger partial charge in [-0.05, 0) is 92.6 Å². The number of hydrogen-bond acceptors (Lipinski definition) is 20. The lowest BCUT2D eigenvalue weighted by Gasteiger charge is -2.36. The highest BCUT2D eigenvalue weighted by Gasteiger charge is 2.54. The minimum absolute atomic E-state index is 0.0314. The Labute approximate surface area is 540 Å². The molecular formula is C62H73N11O18S2. The molecule has 0 aliphatic carbocycles. The van der Waals surface area contributed by atoms with Crippen LogP contribution in [0.2, 0.25) is 0 Å². The number of hydrogen-bond donors (Lipinski definition) is 14. The molecule has 93 heavy (non-hydrogen) atoms. The third-order valence-corrected chi connectivity index (χ3v) is 18.6. The molecule has 4 aliphatic heterocycles. The van der Waals surface area contributed by atoms with Crippen LogP contribution in [-0.4, -0.2) is 176 Å². The number of phenols is 3. The number of fused-ring (bicyclic) bond motifs is 6. The highest BCUT2D eigenvalue weighted by molar-refractivity contribution is 8.76. The van der Waals surface area contributed by atoms with Gasteiger partial charge in [0, 0.05) is 71.8 Å². The van der Waals surface area contributed by atoms with E-state index in [2.05, 4.69) is 42.5 Å². The second kappa shape index (κ2) is 30.7. The summed E-state index contributed by atoms with van der Waals surface area (Å²) in [5.41, 5.74) is 11.0. The van der Waals surface area contributed by atoms with Gasteiger partial charge >= 0.3 is 5.97 Å². The van der Waals surface area contributed by atoms with Gasteiger partial charge in [-0.15, -0.1) is 0 Å². The van der Waals surface area contributed by atoms with Crippen molar-refractivity contribution in [2.45, 2.75) is 126 Å². The van der Waals surface area contributed by atoms with Crippen LogP contribution in [0.4, 0.5) is 0 Å². The number of ether oxygens (including phenoxy) is 2. The first-order valence-corrected chi connectivity index (χ1v) is 32.4. The van der Waals surface area contributed by atoms with E-state index in [9.17, 15) is 78.0 Å². The molecule has 16 N–H and O–H groups in total. The van der Waals surface area contributed by atoms with E-state index < -0.39 is 144 Å². The van der Waals surface area contributed by atoms with Gasteiger partial charge in [-0.3, -0.25) is 52.7 Å². The quantitative estimate of drug-likeness (QED) is 0.0346. The summed E-state index contributed by atoms with van der Waals surface area (Å²) >= 11 is 0. The first-order valence-electron chi connectivity index (χ1n) is 30.0. The lowest BCUT2D eigenvalue weighted by atomic mass is 9.77. The number of carbonyl (C=O) groups excluding carboxylic acids is 12. The monoisotopic (exact) mass is 1320 g/mol. The zero-order valence-electron chi connectivity index (χ0n) is 50.8. The Morgan fingerprint density at radius 1 is 0.731 bits per heavy atom. The van der Waals surface area contributed by atoms with Crippen LogP contribution in [0.25, 0.3) is 0 Å². The molecule has 0 aromatic heterocycles. The Morgan fingerprint density at radius 2 is 1.37 bits per heavy atom. The van der Waals surface area contributed by atoms with Crippen LogP contribution in [0, 0.1) is 5.92 Å². The Bertz CT molecular complexity index is 3520. The number of nitrogens with zero attached hydrogens (tertiary/aromatic N) is 1. The van der Waals surface area contributed by atoms with Crippen LogP contribution >= 0.6 is 21.6 Å². The van der Waals surface area contributed by atoms with Crippen molar-refractivity contribution in [1.29, 1.82) is 0 Å². The second-order valence-electron chi connectivity index (χ2n) is 22.9. The van der Waals surface area contributed by atoms with Gasteiger partial charge in [-0.2, -0.15) is 0 Å². The van der Waals surface area contributed by atoms with Crippen molar-refractivity contribution in [2.24, 2.45) is 17.4 Å². The van der Waals surface area contributed by atoms with E-state index >= 15 is 0 Å². The van der Waals surface area contributed by atoms with Crippen molar-refractivity contribution >= 4 is 92.5 Å². The van der Waals surface area contributed by atoms with Gasteiger partial charge < -0.3 is 88.8 Å². The van der Waals surface area contributed by atoms with Gasteiger partial charge in [0.05, 0.1) is 24.6 Å². The molecule has 8 rings (SSSR count). The van der Waals surface area contributed by atoms with Gasteiger partial charge in [-0.25, -0.2) is 4.79 Å². The van der Waals surface area contributed by atoms with E-state index in [4.69, 9.17) is 20.9 Å². The van der Waals surface area contributed by atoms with E-state index in [1.807, 2.05) is 0 Å². The van der Waals surface area contributed by atoms with Gasteiger partial charge in [-0.1, -0.05) is 60.1 Å². The third kappa shape index (κ3) is 16.7. The summed E-state index contributed by atoms with van der Waals surface area (Å²) in [5.74, 6) is -11.2. The van der Waals surface area contributed by atoms with Gasteiger partial charge in [0.15, 0.2) is 5.60 Å². The lowest BCUT2D eigenvalue weighted by Crippen LogP contribution is -2.63. The predicted octanol–water partition coefficient (Wildman–Crippen LogP) is -0.287. The highest BCUT2D eigenvalue weighted by Crippen LogP contribution is 2.57. The number of primary amides is 2. The third-order valence-electron chi connectivity index (χ3n) is 16.2. The number of likely N-dealkylation sites (tertiary alicyclic amines) is 1. The molecule has 11 amide bonds. The van der Waals surface area contributed by atoms with E-state index in [1.54, 1.807) is 32.0 Å². The number of aliphatic hydroxyl groups is 1. The number of amides is 11. The summed E-state index contributed by atoms with van der Waals surface area (Å²) in [7, 11) is 2.14. The SMILES string of the molecule is CC[C@H](C)[C@@H]1NC(=O)[C@H](Cc2ccc(O)cc2)NC(=O)CCSSC[C@@H](C(=O)N2CCC[C@H]2C(=O)N[C@@H](CCCNC(=O)c2ccc3c(c2)C(=O)OC32c3ccc(O)cc3Oc3cc(O)ccc32)C(=O)NCC(N)=O)NC(=O)[C@H](CC(N)=O)NC(=O)[C@H]([C@@H](C)O)NC1=O. The number of carbonyl (C=O) groups is 12. The van der Waals surface area contributed by atoms with Gasteiger partial charge in [0.2, 0.25) is 59.1 Å². The average molecular weight is 1320 g/mol. The molecule has 0 bridgehead atoms. The van der Waals surface area contributed by atoms with E-state index in [0.717, 1.165) is 21.6 Å². The molecule has 2 saturated heterocycles. The van der Waals surface area contributed by atoms with Crippen LogP contribution in [0.3, 0.4) is 0 Å². The van der Waals surface area contributed by atoms with Gasteiger partial charge in [0.1, 0.15) is 71.0 Å². The Kier molecular flexibility index (Phi) is 22.8. The fourth-order valence-electron chi connectivity index (χ4n) is 11.2. The Hall–Kier alpha value is -9.62. The molecule has 0 saturated carbocycles. The first-order chi connectivity index (χ1) is 44.3. The molecule has 496 valence electrons. The molecule has 4 heterocycles. The number of nitrogens with one attached hydrogen (secondary N) is 8. The summed E-state index contributed by atoms with van der Waals surface area (Å²) in [5, 5.41) is 61.8. The topological polar surface area (TPSA) is 456 Å². The fourth-order valence-corrected chi connectivity index (χ4v) is 13.3. The van der Waals surface area contributed by atoms with Crippen LogP contribution in [0.5, 0.6) is 28.7 Å². The normalized spacial score (nSPS) is 21.8. The zero-order valence-corrected chi connectivity index (χ0v) is 52.4. The van der Waals surface area contributed by atoms with E-state index in [0.29, 0.717) is 28.7 Å². The van der Waals surface area contributed by atoms with Crippen LogP contribution in [0.15, 0.2) is 78.9 Å². The zero-order chi connectivity index (χ0) is 67.4. The standard InChI is InChI=1S/C62H73N11O18S2/c1-4-30(2)51-58(86)72-52(31(3)74)59(87)69-43(27-48(63)78)55(83)70-44(29-93-92-22-19-50(80)67-42(56(84)71-51)23-32-9-12-34(75)13-10-32)60(88)73-21-6-8-45(73)57(85)68-41(54(82)66-28-49(64)79)7-5-20-65-53(81)33-11-16-38-37(24-33)61(89)91-62(38)39-17-14-35(76)25-46(39)90-47-26-36(77)15-18-40(47)62/h9-18,24-26,30-31,41-45,51-52,74-77H,4-8,19-23,27-29H2,1-3H3,(H2,63,78)(H2,64,79)(H,65,81)(H,66,82)(H,67,80)(H,68,85)(H,69,87)(H,70,83)(H,71,84)(H,72,86)/t30-,31+,41-,42-,43-,44-,45-,51-,52-/m0/s1. The summed E-state index contributed by atoms with van der Waals surface area (Å²) < 4.78 is 12.1. The van der Waals surface area contributed by atoms with Crippen LogP contribution in [-0.2, 0) is 64.7 Å². The maximum atomic E-state index is 14.8. The fraction of sp³-hybridized carbons (Fsp3) is 0.419. The molecule has 31 heteroatoms. The number of aromatic hydroxyl groups is 3. The summed E-state index contributed by atoms with van der Waals surface area (Å²) in [6.07, 6.45) is -2.20. The van der Waals surface area contributed by atoms with Crippen molar-refractivity contribution in [2.75, 3.05) is 31.1 Å². The van der Waals surface area contributed by atoms with E-state index in [1.165, 1.54) is 72.5 Å². The molecule has 9 atom stereocenters. The molecule has 4 aromatic rings. The van der Waals surface area contributed by atoms with Crippen molar-refractivity contribution in [3.63, 3.8) is 0 Å². The van der Waals surface area contributed by atoms with Crippen molar-refractivity contribution in [1.82, 2.24) is 47.4 Å². The van der Waals surface area contributed by atoms with Crippen LogP contribution < -0.4 is 58.7 Å². The van der Waals surface area contributed by atoms with E-state index in [-0.39, 0.29) is 103 Å². The number of nitrogens with two attached hydrogens (primary N) is 2. The average Bonchev–Trinajstić information content (AvgIpc) is 1.63. The van der Waals surface area contributed by atoms with Crippen LogP contribution in [0.1, 0.15) is 109 Å².